The van der Waals surface area contributed by atoms with E-state index in [4.69, 9.17) is 4.74 Å². The molecule has 0 amide bonds. The van der Waals surface area contributed by atoms with Gasteiger partial charge >= 0.3 is 0 Å². The first kappa shape index (κ1) is 13.6. The van der Waals surface area contributed by atoms with E-state index in [0.717, 1.165) is 40.8 Å². The topological polar surface area (TPSA) is 52.9 Å². The normalized spacial score (nSPS) is 22.9. The number of hydrogen-bond donors (Lipinski definition) is 2. The number of fused-ring (bicyclic) bond motifs is 2. The van der Waals surface area contributed by atoms with Crippen molar-refractivity contribution in [1.29, 1.82) is 0 Å². The third kappa shape index (κ3) is 1.65. The molecule has 4 rings (SSSR count). The molecule has 0 bridgehead atoms. The number of phenolic OH excluding ortho intramolecular Hbond substituents is 1. The van der Waals surface area contributed by atoms with E-state index in [1.54, 1.807) is 13.2 Å². The van der Waals surface area contributed by atoms with Crippen LogP contribution < -0.4 is 4.74 Å². The van der Waals surface area contributed by atoms with Gasteiger partial charge in [-0.1, -0.05) is 24.3 Å². The van der Waals surface area contributed by atoms with Gasteiger partial charge in [-0.15, -0.1) is 0 Å². The van der Waals surface area contributed by atoms with Crippen LogP contribution in [0.25, 0.3) is 11.1 Å². The first-order valence-electron chi connectivity index (χ1n) is 7.53. The lowest BCUT2D eigenvalue weighted by Crippen LogP contribution is -2.38. The maximum Gasteiger partial charge on any atom is 0.168 e. The van der Waals surface area contributed by atoms with Crippen molar-refractivity contribution in [2.24, 2.45) is 0 Å². The molecular formula is C18H19NO3. The number of hydrogen-bond acceptors (Lipinski definition) is 4. The standard InChI is InChI=1S/C18H19NO3/c1-19-8-7-10-9-13(20)18(22-2)15-11-5-3-4-6-12(11)17(21)16(19)14(10)15/h3-6,9,16-17,20-21H,7-8H2,1-2H3/t16-,17-/m0/s1. The van der Waals surface area contributed by atoms with Gasteiger partial charge in [0.25, 0.3) is 0 Å². The number of nitrogens with zero attached hydrogens (tertiary/aromatic N) is 1. The van der Waals surface area contributed by atoms with E-state index >= 15 is 0 Å². The molecule has 0 fully saturated rings. The van der Waals surface area contributed by atoms with Crippen LogP contribution in [0.3, 0.4) is 0 Å². The molecule has 2 atom stereocenters. The maximum absolute atomic E-state index is 10.9. The number of aromatic hydroxyl groups is 1. The van der Waals surface area contributed by atoms with E-state index in [9.17, 15) is 10.2 Å². The van der Waals surface area contributed by atoms with Crippen molar-refractivity contribution < 1.29 is 14.9 Å². The first-order valence-corrected chi connectivity index (χ1v) is 7.53. The Morgan fingerprint density at radius 2 is 2.05 bits per heavy atom. The molecule has 2 N–H and O–H groups in total. The van der Waals surface area contributed by atoms with Gasteiger partial charge < -0.3 is 14.9 Å². The van der Waals surface area contributed by atoms with Gasteiger partial charge in [-0.05, 0) is 41.8 Å². The largest absolute Gasteiger partial charge is 0.504 e. The van der Waals surface area contributed by atoms with Crippen molar-refractivity contribution in [3.8, 4) is 22.6 Å². The van der Waals surface area contributed by atoms with Crippen molar-refractivity contribution in [2.75, 3.05) is 20.7 Å². The molecule has 0 saturated carbocycles. The average molecular weight is 297 g/mol. The summed E-state index contributed by atoms with van der Waals surface area (Å²) < 4.78 is 5.49. The second-order valence-electron chi connectivity index (χ2n) is 6.08. The zero-order chi connectivity index (χ0) is 15.4. The molecule has 22 heavy (non-hydrogen) atoms. The number of likely N-dealkylation sites (N-methyl/N-ethyl adjacent to an activating group) is 1. The quantitative estimate of drug-likeness (QED) is 0.849. The monoisotopic (exact) mass is 297 g/mol. The molecule has 4 heteroatoms. The Morgan fingerprint density at radius 3 is 2.82 bits per heavy atom. The summed E-state index contributed by atoms with van der Waals surface area (Å²) in [7, 11) is 3.61. The molecule has 4 nitrogen and oxygen atoms in total. The fraction of sp³-hybridized carbons (Fsp3) is 0.333. The summed E-state index contributed by atoms with van der Waals surface area (Å²) in [6.45, 7) is 0.863. The van der Waals surface area contributed by atoms with Crippen LogP contribution in [0.5, 0.6) is 11.5 Å². The molecule has 2 aromatic carbocycles. The summed E-state index contributed by atoms with van der Waals surface area (Å²) in [5.74, 6) is 0.671. The van der Waals surface area contributed by atoms with Crippen LogP contribution in [-0.4, -0.2) is 35.8 Å². The van der Waals surface area contributed by atoms with Crippen LogP contribution in [-0.2, 0) is 6.42 Å². The second kappa shape index (κ2) is 4.73. The molecular weight excluding hydrogens is 278 g/mol. The molecule has 1 aliphatic carbocycles. The van der Waals surface area contributed by atoms with Crippen LogP contribution in [0.4, 0.5) is 0 Å². The van der Waals surface area contributed by atoms with Crippen molar-refractivity contribution >= 4 is 0 Å². The summed E-state index contributed by atoms with van der Waals surface area (Å²) in [6.07, 6.45) is 0.295. The van der Waals surface area contributed by atoms with E-state index in [2.05, 4.69) is 4.90 Å². The Hall–Kier alpha value is -2.04. The fourth-order valence-electron chi connectivity index (χ4n) is 3.95. The molecule has 114 valence electrons. The molecule has 1 aliphatic heterocycles. The molecule has 0 unspecified atom stereocenters. The number of benzene rings is 2. The Kier molecular flexibility index (Phi) is 2.93. The zero-order valence-electron chi connectivity index (χ0n) is 12.7. The lowest BCUT2D eigenvalue weighted by Gasteiger charge is -2.43. The highest BCUT2D eigenvalue weighted by Gasteiger charge is 2.40. The molecule has 0 saturated heterocycles. The molecule has 0 aromatic heterocycles. The van der Waals surface area contributed by atoms with E-state index in [0.29, 0.717) is 5.75 Å². The lowest BCUT2D eigenvalue weighted by molar-refractivity contribution is 0.0542. The van der Waals surface area contributed by atoms with Gasteiger partial charge in [0.05, 0.1) is 19.3 Å². The Morgan fingerprint density at radius 1 is 1.27 bits per heavy atom. The zero-order valence-corrected chi connectivity index (χ0v) is 12.7. The van der Waals surface area contributed by atoms with E-state index in [-0.39, 0.29) is 11.8 Å². The highest BCUT2D eigenvalue weighted by molar-refractivity contribution is 5.83. The highest BCUT2D eigenvalue weighted by Crippen LogP contribution is 2.55. The molecule has 0 radical (unpaired) electrons. The van der Waals surface area contributed by atoms with Crippen LogP contribution in [0.15, 0.2) is 30.3 Å². The number of ether oxygens (including phenoxy) is 1. The second-order valence-corrected chi connectivity index (χ2v) is 6.08. The lowest BCUT2D eigenvalue weighted by atomic mass is 9.75. The smallest absolute Gasteiger partial charge is 0.168 e. The van der Waals surface area contributed by atoms with Gasteiger partial charge in [0, 0.05) is 12.1 Å². The van der Waals surface area contributed by atoms with Gasteiger partial charge in [-0.2, -0.15) is 0 Å². The number of rotatable bonds is 1. The maximum atomic E-state index is 10.9. The fourth-order valence-corrected chi connectivity index (χ4v) is 3.95. The Bertz CT molecular complexity index is 756. The SMILES string of the molecule is COc1c(O)cc2c3c1-c1ccccc1[C@H](O)[C@H]3N(C)CC2. The first-order chi connectivity index (χ1) is 10.6. The molecule has 0 spiro atoms. The summed E-state index contributed by atoms with van der Waals surface area (Å²) in [5, 5.41) is 21.2. The van der Waals surface area contributed by atoms with Crippen LogP contribution in [0.1, 0.15) is 28.8 Å². The van der Waals surface area contributed by atoms with E-state index in [1.165, 1.54) is 0 Å². The third-order valence-electron chi connectivity index (χ3n) is 4.94. The minimum absolute atomic E-state index is 0.0943. The van der Waals surface area contributed by atoms with Gasteiger partial charge in [0.15, 0.2) is 11.5 Å². The predicted octanol–water partition coefficient (Wildman–Crippen LogP) is 2.64. The average Bonchev–Trinajstić information content (AvgIpc) is 2.53. The van der Waals surface area contributed by atoms with Crippen molar-refractivity contribution in [1.82, 2.24) is 4.90 Å². The minimum Gasteiger partial charge on any atom is -0.504 e. The van der Waals surface area contributed by atoms with Crippen LogP contribution >= 0.6 is 0 Å². The van der Waals surface area contributed by atoms with Crippen molar-refractivity contribution in [3.05, 3.63) is 47.0 Å². The van der Waals surface area contributed by atoms with Crippen molar-refractivity contribution in [3.63, 3.8) is 0 Å². The van der Waals surface area contributed by atoms with Gasteiger partial charge in [0.1, 0.15) is 0 Å². The molecule has 1 heterocycles. The Labute approximate surface area is 129 Å². The summed E-state index contributed by atoms with van der Waals surface area (Å²) in [4.78, 5) is 2.18. The summed E-state index contributed by atoms with van der Waals surface area (Å²) in [5.41, 5.74) is 4.96. The summed E-state index contributed by atoms with van der Waals surface area (Å²) >= 11 is 0. The van der Waals surface area contributed by atoms with Gasteiger partial charge in [-0.3, -0.25) is 4.90 Å². The number of aliphatic hydroxyl groups is 1. The summed E-state index contributed by atoms with van der Waals surface area (Å²) in [6, 6.07) is 9.52. The van der Waals surface area contributed by atoms with E-state index < -0.39 is 6.10 Å². The number of methoxy groups -OCH3 is 1. The van der Waals surface area contributed by atoms with Gasteiger partial charge in [-0.25, -0.2) is 0 Å². The number of aliphatic hydroxyl groups excluding tert-OH is 1. The van der Waals surface area contributed by atoms with Gasteiger partial charge in [0.2, 0.25) is 0 Å². The van der Waals surface area contributed by atoms with E-state index in [1.807, 2.05) is 31.3 Å². The van der Waals surface area contributed by atoms with Crippen LogP contribution in [0.2, 0.25) is 0 Å². The predicted molar refractivity (Wildman–Crippen MR) is 84.1 cm³/mol. The minimum atomic E-state index is -0.568. The molecule has 2 aliphatic rings. The highest BCUT2D eigenvalue weighted by atomic mass is 16.5. The molecule has 2 aromatic rings. The van der Waals surface area contributed by atoms with Crippen molar-refractivity contribution in [2.45, 2.75) is 18.6 Å². The number of phenols is 1. The third-order valence-corrected chi connectivity index (χ3v) is 4.94. The Balaban J connectivity index is 2.13. The van der Waals surface area contributed by atoms with Crippen LogP contribution in [0, 0.1) is 0 Å².